The van der Waals surface area contributed by atoms with Crippen LogP contribution in [0.4, 0.5) is 0 Å². The van der Waals surface area contributed by atoms with E-state index in [0.717, 1.165) is 0 Å². The van der Waals surface area contributed by atoms with Gasteiger partial charge in [0, 0.05) is 13.1 Å². The van der Waals surface area contributed by atoms with Gasteiger partial charge in [0.25, 0.3) is 0 Å². The van der Waals surface area contributed by atoms with E-state index in [2.05, 4.69) is 10.6 Å². The Bertz CT molecular complexity index is 727. The molecule has 0 aliphatic heterocycles. The molecule has 2 N–H and O–H groups in total. The number of nitrogens with one attached hydrogen (secondary N) is 2. The number of carboxylic acid groups (broad SMARTS) is 2. The molecule has 2 aromatic carbocycles. The second-order valence-electron chi connectivity index (χ2n) is 5.49. The summed E-state index contributed by atoms with van der Waals surface area (Å²) in [5.41, 5.74) is 0.0442. The van der Waals surface area contributed by atoms with Gasteiger partial charge in [0.2, 0.25) is 0 Å². The topological polar surface area (TPSA) is 150 Å². The van der Waals surface area contributed by atoms with Gasteiger partial charge in [-0.25, -0.2) is 0 Å². The average Bonchev–Trinajstić information content (AvgIpc) is 2.59. The number of carboxylic acids is 2. The van der Waals surface area contributed by atoms with Crippen molar-refractivity contribution in [3.63, 3.8) is 0 Å². The van der Waals surface area contributed by atoms with Crippen molar-refractivity contribution in [3.8, 4) is 11.5 Å². The third kappa shape index (κ3) is 7.10. The number of hydrogen-bond donors (Lipinski definition) is 2. The van der Waals surface area contributed by atoms with Crippen LogP contribution in [0.3, 0.4) is 0 Å². The van der Waals surface area contributed by atoms with Crippen molar-refractivity contribution in [2.24, 2.45) is 0 Å². The maximum atomic E-state index is 11.8. The third-order valence-electron chi connectivity index (χ3n) is 3.75. The monoisotopic (exact) mass is 435 g/mol. The van der Waals surface area contributed by atoms with Crippen molar-refractivity contribution in [2.75, 3.05) is 13.1 Å². The van der Waals surface area contributed by atoms with E-state index < -0.39 is 35.5 Å². The van der Waals surface area contributed by atoms with E-state index in [9.17, 15) is 30.0 Å². The molecule has 8 nitrogen and oxygen atoms in total. The van der Waals surface area contributed by atoms with Crippen LogP contribution in [-0.4, -0.2) is 25.0 Å². The fraction of sp³-hybridized carbons (Fsp3) is 0.222. The zero-order chi connectivity index (χ0) is 19.1. The van der Waals surface area contributed by atoms with Gasteiger partial charge in [-0.05, 0) is 11.1 Å². The van der Waals surface area contributed by atoms with Crippen LogP contribution in [0.2, 0.25) is 0 Å². The Kier molecular flexibility index (Phi) is 12.1. The second-order valence-corrected chi connectivity index (χ2v) is 5.49. The normalized spacial score (nSPS) is 12.1. The van der Waals surface area contributed by atoms with Crippen molar-refractivity contribution < 1.29 is 76.6 Å². The maximum absolute atomic E-state index is 11.8. The van der Waals surface area contributed by atoms with Gasteiger partial charge in [-0.3, -0.25) is 0 Å². The standard InChI is InChI=1S/C18H20N2O6.Fe.Na/c21-13-7-3-1-5-11(13)15(17(23)24)19-9-10-20-16(18(25)26)12-6-2-4-8-14(12)22;;/h1-8,15-16,19-22H,9-10H2,(H,23,24)(H,25,26);;/q;+3;+1/p-4. The largest absolute Gasteiger partial charge is 3.00 e. The van der Waals surface area contributed by atoms with Gasteiger partial charge >= 0.3 is 46.6 Å². The van der Waals surface area contributed by atoms with Crippen LogP contribution in [-0.2, 0) is 26.7 Å². The van der Waals surface area contributed by atoms with Crippen molar-refractivity contribution in [1.82, 2.24) is 10.6 Å². The SMILES string of the molecule is O=C([O-])C(NCCNC(C(=O)[O-])c1ccccc1[O-])c1ccccc1[O-].[Fe+3].[Na+]. The molecule has 1 radical (unpaired) electrons. The van der Waals surface area contributed by atoms with E-state index in [4.69, 9.17) is 0 Å². The number of carbonyl (C=O) groups excluding carboxylic acids is 2. The maximum Gasteiger partial charge on any atom is 3.00 e. The molecule has 0 bridgehead atoms. The zero-order valence-electron chi connectivity index (χ0n) is 15.0. The van der Waals surface area contributed by atoms with Gasteiger partial charge in [0.15, 0.2) is 0 Å². The first-order chi connectivity index (χ1) is 12.4. The molecule has 0 aliphatic rings. The van der Waals surface area contributed by atoms with E-state index in [1.807, 2.05) is 0 Å². The molecule has 28 heavy (non-hydrogen) atoms. The summed E-state index contributed by atoms with van der Waals surface area (Å²) in [5, 5.41) is 51.3. The average molecular weight is 435 g/mol. The Morgan fingerprint density at radius 3 is 1.36 bits per heavy atom. The van der Waals surface area contributed by atoms with Gasteiger partial charge < -0.3 is 40.6 Å². The summed E-state index contributed by atoms with van der Waals surface area (Å²) in [5.74, 6) is -3.85. The molecular formula is C18H16FeN2NaO6. The molecule has 2 rings (SSSR count). The second kappa shape index (κ2) is 12.8. The first-order valence-electron chi connectivity index (χ1n) is 7.82. The molecule has 0 saturated heterocycles. The molecule has 0 fully saturated rings. The summed E-state index contributed by atoms with van der Waals surface area (Å²) < 4.78 is 0. The van der Waals surface area contributed by atoms with E-state index in [0.29, 0.717) is 0 Å². The Morgan fingerprint density at radius 1 is 0.750 bits per heavy atom. The summed E-state index contributed by atoms with van der Waals surface area (Å²) in [6, 6.07) is 8.60. The predicted molar refractivity (Wildman–Crippen MR) is 83.3 cm³/mol. The molecule has 10 heteroatoms. The summed E-state index contributed by atoms with van der Waals surface area (Å²) in [6.45, 7) is 0.0234. The Morgan fingerprint density at radius 2 is 1.07 bits per heavy atom. The van der Waals surface area contributed by atoms with E-state index in [1.165, 1.54) is 48.5 Å². The van der Waals surface area contributed by atoms with Crippen LogP contribution in [0.1, 0.15) is 23.2 Å². The van der Waals surface area contributed by atoms with E-state index in [-0.39, 0.29) is 70.8 Å². The predicted octanol–water partition coefficient (Wildman–Crippen LogP) is -5.70. The molecule has 0 spiro atoms. The Labute approximate surface area is 194 Å². The van der Waals surface area contributed by atoms with Crippen LogP contribution in [0.5, 0.6) is 11.5 Å². The molecule has 2 aromatic rings. The minimum absolute atomic E-state index is 0. The minimum Gasteiger partial charge on any atom is -0.872 e. The first kappa shape index (κ1) is 26.4. The molecule has 0 heterocycles. The van der Waals surface area contributed by atoms with Crippen LogP contribution in [0, 0.1) is 0 Å². The quantitative estimate of drug-likeness (QED) is 0.292. The number of carbonyl (C=O) groups is 2. The van der Waals surface area contributed by atoms with Crippen LogP contribution in [0.15, 0.2) is 48.5 Å². The molecule has 0 aromatic heterocycles. The fourth-order valence-electron chi connectivity index (χ4n) is 2.51. The summed E-state index contributed by atoms with van der Waals surface area (Å²) in [4.78, 5) is 22.6. The smallest absolute Gasteiger partial charge is 0.872 e. The van der Waals surface area contributed by atoms with Crippen LogP contribution in [0.25, 0.3) is 0 Å². The number of hydrogen-bond acceptors (Lipinski definition) is 8. The third-order valence-corrected chi connectivity index (χ3v) is 3.75. The molecule has 0 aliphatic carbocycles. The molecule has 0 amide bonds. The van der Waals surface area contributed by atoms with E-state index in [1.54, 1.807) is 0 Å². The summed E-state index contributed by atoms with van der Waals surface area (Å²) in [6.07, 6.45) is 0. The molecule has 143 valence electrons. The van der Waals surface area contributed by atoms with Gasteiger partial charge in [0.1, 0.15) is 0 Å². The molecule has 0 saturated carbocycles. The number of para-hydroxylation sites is 2. The van der Waals surface area contributed by atoms with Gasteiger partial charge in [-0.15, -0.1) is 11.5 Å². The zero-order valence-corrected chi connectivity index (χ0v) is 18.1. The minimum atomic E-state index is -1.48. The van der Waals surface area contributed by atoms with Crippen molar-refractivity contribution >= 4 is 11.9 Å². The van der Waals surface area contributed by atoms with Gasteiger partial charge in [-0.2, -0.15) is 0 Å². The van der Waals surface area contributed by atoms with Crippen molar-refractivity contribution in [3.05, 3.63) is 59.7 Å². The van der Waals surface area contributed by atoms with Gasteiger partial charge in [-0.1, -0.05) is 48.5 Å². The Balaban J connectivity index is 0.00000364. The summed E-state index contributed by atoms with van der Waals surface area (Å²) >= 11 is 0. The summed E-state index contributed by atoms with van der Waals surface area (Å²) in [7, 11) is 0. The molecule has 2 unspecified atom stereocenters. The van der Waals surface area contributed by atoms with Crippen LogP contribution >= 0.6 is 0 Å². The van der Waals surface area contributed by atoms with Crippen molar-refractivity contribution in [2.45, 2.75) is 12.1 Å². The first-order valence-corrected chi connectivity index (χ1v) is 7.82. The van der Waals surface area contributed by atoms with E-state index >= 15 is 0 Å². The van der Waals surface area contributed by atoms with Crippen LogP contribution < -0.4 is 60.6 Å². The molecular weight excluding hydrogens is 419 g/mol. The number of rotatable bonds is 9. The number of aliphatic carboxylic acids is 2. The fourth-order valence-corrected chi connectivity index (χ4v) is 2.51. The molecule has 2 atom stereocenters. The Hall–Kier alpha value is -1.58. The van der Waals surface area contributed by atoms with Crippen molar-refractivity contribution in [1.29, 1.82) is 0 Å². The number of benzene rings is 2. The van der Waals surface area contributed by atoms with Gasteiger partial charge in [0.05, 0.1) is 24.0 Å².